The second-order valence-electron chi connectivity index (χ2n) is 8.47. The van der Waals surface area contributed by atoms with Crippen molar-refractivity contribution in [1.82, 2.24) is 0 Å². The number of hydrogen-bond acceptors (Lipinski definition) is 1. The molecule has 2 N–H and O–H groups in total. The van der Waals surface area contributed by atoms with Crippen molar-refractivity contribution in [1.29, 1.82) is 0 Å². The highest BCUT2D eigenvalue weighted by Gasteiger charge is 2.18. The van der Waals surface area contributed by atoms with E-state index in [1.165, 1.54) is 22.3 Å². The number of rotatable bonds is 10. The lowest BCUT2D eigenvalue weighted by atomic mass is 9.88. The first-order valence-corrected chi connectivity index (χ1v) is 11.4. The van der Waals surface area contributed by atoms with Crippen molar-refractivity contribution < 1.29 is 13.9 Å². The van der Waals surface area contributed by atoms with Gasteiger partial charge in [-0.05, 0) is 35.4 Å². The lowest BCUT2D eigenvalue weighted by molar-refractivity contribution is -0.696. The van der Waals surface area contributed by atoms with Gasteiger partial charge in [0.25, 0.3) is 0 Å². The molecule has 0 fully saturated rings. The summed E-state index contributed by atoms with van der Waals surface area (Å²) in [6, 6.07) is 17.4. The molecule has 2 aromatic heterocycles. The van der Waals surface area contributed by atoms with Gasteiger partial charge in [0.2, 0.25) is 5.91 Å². The van der Waals surface area contributed by atoms with Crippen LogP contribution in [0.5, 0.6) is 0 Å². The minimum atomic E-state index is -0.193. The Bertz CT molecular complexity index is 963. The molecule has 2 unspecified atom stereocenters. The molecule has 0 aliphatic carbocycles. The van der Waals surface area contributed by atoms with Crippen LogP contribution in [0.25, 0.3) is 11.1 Å². The van der Waals surface area contributed by atoms with Crippen LogP contribution in [0.15, 0.2) is 73.3 Å². The first kappa shape index (κ1) is 22.7. The number of carbonyl (C=O) groups excluding carboxylic acids is 1. The van der Waals surface area contributed by atoms with Gasteiger partial charge in [-0.25, -0.2) is 9.13 Å². The molecule has 3 rings (SSSR count). The number of hydrogen-bond donors (Lipinski definition) is 1. The average Bonchev–Trinajstić information content (AvgIpc) is 2.79. The third-order valence-corrected chi connectivity index (χ3v) is 6.04. The summed E-state index contributed by atoms with van der Waals surface area (Å²) < 4.78 is 4.41. The minimum Gasteiger partial charge on any atom is -0.369 e. The van der Waals surface area contributed by atoms with Gasteiger partial charge in [0.05, 0.1) is 0 Å². The van der Waals surface area contributed by atoms with Gasteiger partial charge in [0.15, 0.2) is 31.3 Å². The Morgan fingerprint density at radius 1 is 0.871 bits per heavy atom. The molecule has 0 aliphatic rings. The molecule has 0 saturated carbocycles. The number of nitrogens with two attached hydrogens (primary N) is 1. The van der Waals surface area contributed by atoms with E-state index < -0.39 is 0 Å². The molecule has 0 radical (unpaired) electrons. The summed E-state index contributed by atoms with van der Waals surface area (Å²) >= 11 is 0. The van der Waals surface area contributed by atoms with Crippen molar-refractivity contribution in [2.24, 2.45) is 11.7 Å². The fourth-order valence-electron chi connectivity index (χ4n) is 4.02. The average molecular weight is 418 g/mol. The van der Waals surface area contributed by atoms with E-state index in [4.69, 9.17) is 5.73 Å². The van der Waals surface area contributed by atoms with Crippen LogP contribution in [0.2, 0.25) is 0 Å². The van der Waals surface area contributed by atoms with Gasteiger partial charge < -0.3 is 5.73 Å². The van der Waals surface area contributed by atoms with E-state index in [9.17, 15) is 4.79 Å². The first-order valence-electron chi connectivity index (χ1n) is 11.4. The SMILES string of the molecule is CCC[n+]1ccc(-c2cc[n+](Cc3ccc(C(C)CC(CC)C(N)=O)cc3)cc2)cc1. The molecule has 162 valence electrons. The second-order valence-corrected chi connectivity index (χ2v) is 8.47. The molecule has 1 amide bonds. The van der Waals surface area contributed by atoms with E-state index >= 15 is 0 Å². The van der Waals surface area contributed by atoms with Gasteiger partial charge in [-0.2, -0.15) is 0 Å². The van der Waals surface area contributed by atoms with Gasteiger partial charge in [-0.15, -0.1) is 0 Å². The number of aromatic nitrogens is 2. The minimum absolute atomic E-state index is 0.0508. The maximum atomic E-state index is 11.5. The van der Waals surface area contributed by atoms with E-state index in [1.54, 1.807) is 0 Å². The van der Waals surface area contributed by atoms with Crippen molar-refractivity contribution in [3.63, 3.8) is 0 Å². The van der Waals surface area contributed by atoms with Crippen LogP contribution < -0.4 is 14.9 Å². The van der Waals surface area contributed by atoms with Crippen molar-refractivity contribution in [2.45, 2.75) is 59.0 Å². The van der Waals surface area contributed by atoms with E-state index in [0.29, 0.717) is 5.92 Å². The highest BCUT2D eigenvalue weighted by atomic mass is 16.1. The number of benzene rings is 1. The summed E-state index contributed by atoms with van der Waals surface area (Å²) in [7, 11) is 0. The zero-order valence-electron chi connectivity index (χ0n) is 19.0. The van der Waals surface area contributed by atoms with Crippen LogP contribution in [-0.2, 0) is 17.9 Å². The third kappa shape index (κ3) is 6.24. The van der Waals surface area contributed by atoms with E-state index in [0.717, 1.165) is 32.4 Å². The van der Waals surface area contributed by atoms with Gasteiger partial charge in [0.1, 0.15) is 6.54 Å². The zero-order valence-corrected chi connectivity index (χ0v) is 19.0. The molecular weight excluding hydrogens is 382 g/mol. The van der Waals surface area contributed by atoms with Crippen molar-refractivity contribution in [3.05, 3.63) is 84.4 Å². The summed E-state index contributed by atoms with van der Waals surface area (Å²) in [5.41, 5.74) is 10.5. The Labute approximate surface area is 186 Å². The van der Waals surface area contributed by atoms with E-state index in [1.807, 2.05) is 6.92 Å². The predicted molar refractivity (Wildman–Crippen MR) is 124 cm³/mol. The molecule has 0 saturated heterocycles. The van der Waals surface area contributed by atoms with E-state index in [-0.39, 0.29) is 11.8 Å². The van der Waals surface area contributed by atoms with Gasteiger partial charge >= 0.3 is 0 Å². The largest absolute Gasteiger partial charge is 0.369 e. The Balaban J connectivity index is 1.61. The standard InChI is InChI=1S/C27H34N3O/c1-4-14-29-15-10-25(11-16-29)26-12-17-30(18-13-26)20-22-6-8-24(9-7-22)21(3)19-23(5-2)27(28)31/h6-13,15-18,21,23H,4-5,14,19-20H2,1-3H3,(H-,28,31)/q+1/p+1. The molecule has 2 heterocycles. The number of primary amides is 1. The molecule has 0 spiro atoms. The number of nitrogens with zero attached hydrogens (tertiary/aromatic N) is 2. The molecule has 1 aromatic carbocycles. The maximum absolute atomic E-state index is 11.5. The predicted octanol–water partition coefficient (Wildman–Crippen LogP) is 4.39. The highest BCUT2D eigenvalue weighted by Crippen LogP contribution is 2.25. The summed E-state index contributed by atoms with van der Waals surface area (Å²) in [6.45, 7) is 8.27. The van der Waals surface area contributed by atoms with Gasteiger partial charge in [-0.3, -0.25) is 4.79 Å². The third-order valence-electron chi connectivity index (χ3n) is 6.04. The summed E-state index contributed by atoms with van der Waals surface area (Å²) in [5.74, 6) is 0.0759. The number of amides is 1. The Morgan fingerprint density at radius 3 is 1.90 bits per heavy atom. The lowest BCUT2D eigenvalue weighted by Gasteiger charge is -2.17. The Kier molecular flexibility index (Phi) is 7.94. The van der Waals surface area contributed by atoms with Crippen LogP contribution >= 0.6 is 0 Å². The van der Waals surface area contributed by atoms with Crippen LogP contribution in [-0.4, -0.2) is 5.91 Å². The van der Waals surface area contributed by atoms with Crippen molar-refractivity contribution in [2.75, 3.05) is 0 Å². The first-order chi connectivity index (χ1) is 15.0. The molecule has 4 heteroatoms. The van der Waals surface area contributed by atoms with Crippen LogP contribution in [0.1, 0.15) is 57.1 Å². The van der Waals surface area contributed by atoms with Crippen molar-refractivity contribution in [3.8, 4) is 11.1 Å². The number of carbonyl (C=O) groups is 1. The summed E-state index contributed by atoms with van der Waals surface area (Å²) in [5, 5.41) is 0. The van der Waals surface area contributed by atoms with Crippen LogP contribution in [0.3, 0.4) is 0 Å². The van der Waals surface area contributed by atoms with Gasteiger partial charge in [0, 0.05) is 42.2 Å². The molecule has 3 aromatic rings. The molecule has 31 heavy (non-hydrogen) atoms. The Morgan fingerprint density at radius 2 is 1.42 bits per heavy atom. The molecule has 2 atom stereocenters. The fourth-order valence-corrected chi connectivity index (χ4v) is 4.02. The number of aryl methyl sites for hydroxylation is 1. The van der Waals surface area contributed by atoms with Gasteiger partial charge in [-0.1, -0.05) is 45.0 Å². The summed E-state index contributed by atoms with van der Waals surface area (Å²) in [6.07, 6.45) is 11.3. The quantitative estimate of drug-likeness (QED) is 0.489. The molecule has 0 aliphatic heterocycles. The molecule has 4 nitrogen and oxygen atoms in total. The summed E-state index contributed by atoms with van der Waals surface area (Å²) in [4.78, 5) is 11.5. The fraction of sp³-hybridized carbons (Fsp3) is 0.370. The van der Waals surface area contributed by atoms with Crippen molar-refractivity contribution >= 4 is 5.91 Å². The maximum Gasteiger partial charge on any atom is 0.220 e. The molecular formula is C27H35N3O+2. The van der Waals surface area contributed by atoms with E-state index in [2.05, 4.69) is 96.3 Å². The smallest absolute Gasteiger partial charge is 0.220 e. The topological polar surface area (TPSA) is 50.9 Å². The molecule has 0 bridgehead atoms. The Hall–Kier alpha value is -3.01. The lowest BCUT2D eigenvalue weighted by Crippen LogP contribution is -2.33. The normalized spacial score (nSPS) is 13.0. The zero-order chi connectivity index (χ0) is 22.2. The van der Waals surface area contributed by atoms with Crippen LogP contribution in [0.4, 0.5) is 0 Å². The van der Waals surface area contributed by atoms with Crippen LogP contribution in [0, 0.1) is 5.92 Å². The highest BCUT2D eigenvalue weighted by molar-refractivity contribution is 5.76. The second kappa shape index (κ2) is 10.9. The number of pyridine rings is 2. The monoisotopic (exact) mass is 417 g/mol.